The number of rotatable bonds is 3. The van der Waals surface area contributed by atoms with Crippen molar-refractivity contribution in [3.63, 3.8) is 0 Å². The van der Waals surface area contributed by atoms with Crippen molar-refractivity contribution in [2.75, 3.05) is 6.73 Å². The zero-order valence-corrected chi connectivity index (χ0v) is 16.5. The number of aliphatic hydroxyl groups is 1. The molecular formula is C19H27NO4S. The molecule has 0 radical (unpaired) electrons. The first-order valence-corrected chi connectivity index (χ1v) is 9.24. The zero-order valence-electron chi connectivity index (χ0n) is 15.7. The number of nitrogens with zero attached hydrogens (tertiary/aromatic N) is 1. The summed E-state index contributed by atoms with van der Waals surface area (Å²) in [5.74, 6) is -0.425. The van der Waals surface area contributed by atoms with Crippen molar-refractivity contribution >= 4 is 23.6 Å². The first kappa shape index (κ1) is 19.8. The summed E-state index contributed by atoms with van der Waals surface area (Å²) < 4.78 is 0. The number of aliphatic hydroxyl groups excluding tert-OH is 1. The topological polar surface area (TPSA) is 77.8 Å². The van der Waals surface area contributed by atoms with Gasteiger partial charge in [0.25, 0.3) is 0 Å². The van der Waals surface area contributed by atoms with Crippen molar-refractivity contribution in [3.05, 3.63) is 23.3 Å². The molecule has 0 bridgehead atoms. The molecule has 6 heteroatoms. The highest BCUT2D eigenvalue weighted by Crippen LogP contribution is 2.43. The van der Waals surface area contributed by atoms with Crippen LogP contribution in [0.5, 0.6) is 5.75 Å². The average molecular weight is 365 g/mol. The molecule has 0 spiro atoms. The second-order valence-corrected chi connectivity index (χ2v) is 9.76. The van der Waals surface area contributed by atoms with Gasteiger partial charge in [0.05, 0.1) is 5.25 Å². The van der Waals surface area contributed by atoms with E-state index >= 15 is 0 Å². The molecule has 1 saturated heterocycles. The molecule has 0 aromatic heterocycles. The summed E-state index contributed by atoms with van der Waals surface area (Å²) >= 11 is 1.32. The highest BCUT2D eigenvalue weighted by molar-refractivity contribution is 8.00. The second kappa shape index (κ2) is 6.65. The van der Waals surface area contributed by atoms with E-state index in [2.05, 4.69) is 0 Å². The van der Waals surface area contributed by atoms with E-state index in [0.29, 0.717) is 0 Å². The molecule has 1 atom stereocenters. The van der Waals surface area contributed by atoms with Gasteiger partial charge < -0.3 is 10.2 Å². The number of likely N-dealkylation sites (tertiary alicyclic amines) is 1. The number of hydrogen-bond acceptors (Lipinski definition) is 5. The molecule has 1 aliphatic rings. The molecule has 0 saturated carbocycles. The van der Waals surface area contributed by atoms with Crippen molar-refractivity contribution < 1.29 is 19.8 Å². The maximum absolute atomic E-state index is 12.3. The first-order chi connectivity index (χ1) is 11.4. The molecule has 1 heterocycles. The van der Waals surface area contributed by atoms with Gasteiger partial charge in [-0.05, 0) is 23.0 Å². The molecule has 5 nitrogen and oxygen atoms in total. The van der Waals surface area contributed by atoms with Gasteiger partial charge in [0.1, 0.15) is 12.5 Å². The van der Waals surface area contributed by atoms with Crippen LogP contribution in [0.3, 0.4) is 0 Å². The number of thioether (sulfide) groups is 1. The Bertz CT molecular complexity index is 665. The fourth-order valence-corrected chi connectivity index (χ4v) is 4.03. The standard InChI is InChI=1S/C19H27NO4S/c1-18(2,3)12-7-11(8-13(16(12)23)19(4,5)6)25-14-9-15(22)20(10-21)17(14)24/h7-8,14,21,23H,9-10H2,1-6H3. The molecule has 2 rings (SSSR count). The van der Waals surface area contributed by atoms with Gasteiger partial charge >= 0.3 is 0 Å². The fraction of sp³-hybridized carbons (Fsp3) is 0.579. The summed E-state index contributed by atoms with van der Waals surface area (Å²) in [6, 6.07) is 3.79. The number of benzene rings is 1. The summed E-state index contributed by atoms with van der Waals surface area (Å²) in [5, 5.41) is 19.4. The van der Waals surface area contributed by atoms with Crippen molar-refractivity contribution in [3.8, 4) is 5.75 Å². The minimum Gasteiger partial charge on any atom is -0.507 e. The van der Waals surface area contributed by atoms with E-state index in [0.717, 1.165) is 20.9 Å². The molecular weight excluding hydrogens is 338 g/mol. The molecule has 1 fully saturated rings. The Balaban J connectivity index is 2.45. The van der Waals surface area contributed by atoms with Crippen LogP contribution in [0.1, 0.15) is 59.1 Å². The van der Waals surface area contributed by atoms with Crippen LogP contribution in [0, 0.1) is 0 Å². The largest absolute Gasteiger partial charge is 0.507 e. The molecule has 1 aliphatic heterocycles. The highest BCUT2D eigenvalue weighted by atomic mass is 32.2. The maximum Gasteiger partial charge on any atom is 0.245 e. The summed E-state index contributed by atoms with van der Waals surface area (Å²) in [4.78, 5) is 25.8. The molecule has 1 unspecified atom stereocenters. The second-order valence-electron chi connectivity index (χ2n) is 8.48. The number of amides is 2. The van der Waals surface area contributed by atoms with Crippen molar-refractivity contribution in [1.82, 2.24) is 4.90 Å². The number of hydrogen-bond donors (Lipinski definition) is 2. The monoisotopic (exact) mass is 365 g/mol. The van der Waals surface area contributed by atoms with Crippen LogP contribution in [-0.4, -0.2) is 38.9 Å². The van der Waals surface area contributed by atoms with Crippen LogP contribution in [0.2, 0.25) is 0 Å². The minimum atomic E-state index is -0.579. The lowest BCUT2D eigenvalue weighted by Crippen LogP contribution is -2.32. The Morgan fingerprint density at radius 2 is 1.56 bits per heavy atom. The van der Waals surface area contributed by atoms with E-state index in [1.165, 1.54) is 11.8 Å². The van der Waals surface area contributed by atoms with E-state index in [1.54, 1.807) is 0 Å². The van der Waals surface area contributed by atoms with Gasteiger partial charge in [-0.25, -0.2) is 0 Å². The maximum atomic E-state index is 12.3. The predicted molar refractivity (Wildman–Crippen MR) is 98.7 cm³/mol. The van der Waals surface area contributed by atoms with Crippen molar-refractivity contribution in [2.24, 2.45) is 0 Å². The highest BCUT2D eigenvalue weighted by Gasteiger charge is 2.39. The molecule has 1 aromatic rings. The van der Waals surface area contributed by atoms with Gasteiger partial charge in [0.15, 0.2) is 0 Å². The number of phenolic OH excluding ortho intramolecular Hbond substituents is 1. The number of aromatic hydroxyl groups is 1. The normalized spacial score (nSPS) is 19.0. The van der Waals surface area contributed by atoms with Gasteiger partial charge in [-0.2, -0.15) is 0 Å². The van der Waals surface area contributed by atoms with E-state index in [1.807, 2.05) is 53.7 Å². The van der Waals surface area contributed by atoms with Crippen LogP contribution in [0.4, 0.5) is 0 Å². The predicted octanol–water partition coefficient (Wildman–Crippen LogP) is 3.16. The summed E-state index contributed by atoms with van der Waals surface area (Å²) in [5.41, 5.74) is 1.12. The third-order valence-electron chi connectivity index (χ3n) is 4.32. The smallest absolute Gasteiger partial charge is 0.245 e. The number of phenols is 1. The fourth-order valence-electron chi connectivity index (χ4n) is 2.88. The SMILES string of the molecule is CC(C)(C)c1cc(SC2CC(=O)N(CO)C2=O)cc(C(C)(C)C)c1O. The van der Waals surface area contributed by atoms with Gasteiger partial charge in [-0.3, -0.25) is 14.5 Å². The zero-order chi connectivity index (χ0) is 19.2. The Labute approximate surface area is 153 Å². The number of carbonyl (C=O) groups excluding carboxylic acids is 2. The third-order valence-corrected chi connectivity index (χ3v) is 5.48. The molecule has 138 valence electrons. The van der Waals surface area contributed by atoms with Gasteiger partial charge in [-0.1, -0.05) is 41.5 Å². The van der Waals surface area contributed by atoms with Gasteiger partial charge in [0, 0.05) is 22.4 Å². The van der Waals surface area contributed by atoms with Crippen molar-refractivity contribution in [1.29, 1.82) is 0 Å². The van der Waals surface area contributed by atoms with Gasteiger partial charge in [0.2, 0.25) is 11.8 Å². The van der Waals surface area contributed by atoms with E-state index < -0.39 is 12.0 Å². The van der Waals surface area contributed by atoms with Crippen LogP contribution >= 0.6 is 11.8 Å². The summed E-state index contributed by atoms with van der Waals surface area (Å²) in [6.07, 6.45) is 0.0840. The van der Waals surface area contributed by atoms with Crippen LogP contribution in [-0.2, 0) is 20.4 Å². The Morgan fingerprint density at radius 1 is 1.08 bits per heavy atom. The van der Waals surface area contributed by atoms with E-state index in [-0.39, 0.29) is 34.8 Å². The Kier molecular flexibility index (Phi) is 5.26. The average Bonchev–Trinajstić information content (AvgIpc) is 2.72. The summed E-state index contributed by atoms with van der Waals surface area (Å²) in [7, 11) is 0. The molecule has 2 amide bonds. The Hall–Kier alpha value is -1.53. The minimum absolute atomic E-state index is 0.0840. The van der Waals surface area contributed by atoms with Crippen LogP contribution in [0.15, 0.2) is 17.0 Å². The summed E-state index contributed by atoms with van der Waals surface area (Å²) in [6.45, 7) is 11.6. The van der Waals surface area contributed by atoms with Crippen LogP contribution in [0.25, 0.3) is 0 Å². The lowest BCUT2D eigenvalue weighted by Gasteiger charge is -2.28. The van der Waals surface area contributed by atoms with E-state index in [9.17, 15) is 19.8 Å². The van der Waals surface area contributed by atoms with Crippen molar-refractivity contribution in [2.45, 2.75) is 68.9 Å². The number of imide groups is 1. The Morgan fingerprint density at radius 3 is 1.92 bits per heavy atom. The third kappa shape index (κ3) is 4.01. The van der Waals surface area contributed by atoms with Gasteiger partial charge in [-0.15, -0.1) is 11.8 Å². The molecule has 1 aromatic carbocycles. The quantitative estimate of drug-likeness (QED) is 0.805. The number of carbonyl (C=O) groups is 2. The molecule has 25 heavy (non-hydrogen) atoms. The van der Waals surface area contributed by atoms with Crippen LogP contribution < -0.4 is 0 Å². The molecule has 0 aliphatic carbocycles. The molecule has 2 N–H and O–H groups in total. The van der Waals surface area contributed by atoms with E-state index in [4.69, 9.17) is 0 Å². The lowest BCUT2D eigenvalue weighted by atomic mass is 9.79. The lowest BCUT2D eigenvalue weighted by molar-refractivity contribution is -0.142. The first-order valence-electron chi connectivity index (χ1n) is 8.36.